The van der Waals surface area contributed by atoms with E-state index in [1.807, 2.05) is 25.1 Å². The second-order valence-corrected chi connectivity index (χ2v) is 6.26. The molecule has 1 aromatic carbocycles. The standard InChI is InChI=1S/C17H22N2O2/c1-11-6-9-14(18-16(20)12-4-2-3-5-12)10-15(11)19-17(21)13-7-8-13/h6,9-10,12-13H,2-5,7-8H2,1H3,(H,18,20)(H,19,21). The molecule has 2 aliphatic carbocycles. The van der Waals surface area contributed by atoms with E-state index >= 15 is 0 Å². The Morgan fingerprint density at radius 2 is 1.57 bits per heavy atom. The van der Waals surface area contributed by atoms with Crippen LogP contribution in [0.15, 0.2) is 18.2 Å². The number of carbonyl (C=O) groups excluding carboxylic acids is 2. The van der Waals surface area contributed by atoms with Gasteiger partial charge in [-0.15, -0.1) is 0 Å². The molecule has 0 saturated heterocycles. The van der Waals surface area contributed by atoms with Gasteiger partial charge in [0, 0.05) is 23.2 Å². The molecule has 3 rings (SSSR count). The molecule has 2 aliphatic rings. The molecule has 0 aliphatic heterocycles. The van der Waals surface area contributed by atoms with Crippen molar-refractivity contribution in [3.8, 4) is 0 Å². The molecule has 2 N–H and O–H groups in total. The van der Waals surface area contributed by atoms with Gasteiger partial charge in [0.1, 0.15) is 0 Å². The average molecular weight is 286 g/mol. The van der Waals surface area contributed by atoms with Gasteiger partial charge in [-0.1, -0.05) is 18.9 Å². The highest BCUT2D eigenvalue weighted by Gasteiger charge is 2.30. The molecule has 0 bridgehead atoms. The molecule has 21 heavy (non-hydrogen) atoms. The molecule has 4 nitrogen and oxygen atoms in total. The Morgan fingerprint density at radius 1 is 0.952 bits per heavy atom. The van der Waals surface area contributed by atoms with Crippen LogP contribution in [0, 0.1) is 18.8 Å². The Bertz CT molecular complexity index is 558. The summed E-state index contributed by atoms with van der Waals surface area (Å²) in [7, 11) is 0. The van der Waals surface area contributed by atoms with Crippen molar-refractivity contribution in [2.75, 3.05) is 10.6 Å². The first-order valence-electron chi connectivity index (χ1n) is 7.86. The van der Waals surface area contributed by atoms with Gasteiger partial charge in [0.2, 0.25) is 11.8 Å². The fourth-order valence-electron chi connectivity index (χ4n) is 2.85. The summed E-state index contributed by atoms with van der Waals surface area (Å²) in [6, 6.07) is 5.70. The lowest BCUT2D eigenvalue weighted by molar-refractivity contribution is -0.119. The van der Waals surface area contributed by atoms with Crippen LogP contribution in [-0.4, -0.2) is 11.8 Å². The molecule has 1 aromatic rings. The number of hydrogen-bond donors (Lipinski definition) is 2. The minimum absolute atomic E-state index is 0.0948. The number of rotatable bonds is 4. The predicted octanol–water partition coefficient (Wildman–Crippen LogP) is 3.47. The summed E-state index contributed by atoms with van der Waals surface area (Å²) in [4.78, 5) is 24.0. The van der Waals surface area contributed by atoms with Crippen molar-refractivity contribution < 1.29 is 9.59 Å². The number of anilines is 2. The van der Waals surface area contributed by atoms with Crippen LogP contribution >= 0.6 is 0 Å². The van der Waals surface area contributed by atoms with Gasteiger partial charge in [-0.2, -0.15) is 0 Å². The van der Waals surface area contributed by atoms with Gasteiger partial charge in [0.25, 0.3) is 0 Å². The zero-order valence-electron chi connectivity index (χ0n) is 12.4. The number of aryl methyl sites for hydroxylation is 1. The van der Waals surface area contributed by atoms with Crippen molar-refractivity contribution in [2.24, 2.45) is 11.8 Å². The van der Waals surface area contributed by atoms with E-state index in [1.165, 1.54) is 0 Å². The second-order valence-electron chi connectivity index (χ2n) is 6.26. The fraction of sp³-hybridized carbons (Fsp3) is 0.529. The minimum Gasteiger partial charge on any atom is -0.326 e. The lowest BCUT2D eigenvalue weighted by atomic mass is 10.1. The van der Waals surface area contributed by atoms with Gasteiger partial charge in [0.15, 0.2) is 0 Å². The van der Waals surface area contributed by atoms with Gasteiger partial charge in [-0.3, -0.25) is 9.59 Å². The molecule has 0 radical (unpaired) electrons. The topological polar surface area (TPSA) is 58.2 Å². The van der Waals surface area contributed by atoms with E-state index in [0.29, 0.717) is 0 Å². The summed E-state index contributed by atoms with van der Waals surface area (Å²) in [5, 5.41) is 5.94. The van der Waals surface area contributed by atoms with E-state index < -0.39 is 0 Å². The van der Waals surface area contributed by atoms with Crippen molar-refractivity contribution in [1.82, 2.24) is 0 Å². The van der Waals surface area contributed by atoms with Crippen LogP contribution in [0.1, 0.15) is 44.1 Å². The van der Waals surface area contributed by atoms with Crippen LogP contribution in [0.25, 0.3) is 0 Å². The Kier molecular flexibility index (Phi) is 3.95. The number of amides is 2. The molecule has 0 unspecified atom stereocenters. The number of hydrogen-bond acceptors (Lipinski definition) is 2. The quantitative estimate of drug-likeness (QED) is 0.890. The van der Waals surface area contributed by atoms with Crippen molar-refractivity contribution in [1.29, 1.82) is 0 Å². The highest BCUT2D eigenvalue weighted by molar-refractivity contribution is 5.97. The van der Waals surface area contributed by atoms with Crippen molar-refractivity contribution in [3.05, 3.63) is 23.8 Å². The molecule has 2 saturated carbocycles. The van der Waals surface area contributed by atoms with Crippen molar-refractivity contribution in [3.63, 3.8) is 0 Å². The van der Waals surface area contributed by atoms with Crippen molar-refractivity contribution in [2.45, 2.75) is 45.4 Å². The van der Waals surface area contributed by atoms with Crippen LogP contribution in [0.5, 0.6) is 0 Å². The smallest absolute Gasteiger partial charge is 0.227 e. The maximum atomic E-state index is 12.2. The van der Waals surface area contributed by atoms with E-state index in [9.17, 15) is 9.59 Å². The van der Waals surface area contributed by atoms with Crippen molar-refractivity contribution >= 4 is 23.2 Å². The van der Waals surface area contributed by atoms with E-state index in [2.05, 4.69) is 10.6 Å². The molecular weight excluding hydrogens is 264 g/mol. The maximum absolute atomic E-state index is 12.2. The molecule has 4 heteroatoms. The summed E-state index contributed by atoms with van der Waals surface area (Å²) in [5.41, 5.74) is 2.59. The number of carbonyl (C=O) groups is 2. The van der Waals surface area contributed by atoms with E-state index in [0.717, 1.165) is 55.5 Å². The van der Waals surface area contributed by atoms with Gasteiger partial charge in [0.05, 0.1) is 0 Å². The third-order valence-corrected chi connectivity index (χ3v) is 4.44. The summed E-state index contributed by atoms with van der Waals surface area (Å²) >= 11 is 0. The van der Waals surface area contributed by atoms with E-state index in [-0.39, 0.29) is 23.7 Å². The Balaban J connectivity index is 1.67. The average Bonchev–Trinajstić information content (AvgIpc) is 3.17. The lowest BCUT2D eigenvalue weighted by Gasteiger charge is -2.13. The van der Waals surface area contributed by atoms with Crippen LogP contribution in [0.2, 0.25) is 0 Å². The molecular formula is C17H22N2O2. The fourth-order valence-corrected chi connectivity index (χ4v) is 2.85. The minimum atomic E-state index is 0.0948. The summed E-state index contributed by atoms with van der Waals surface area (Å²) in [6.07, 6.45) is 6.25. The highest BCUT2D eigenvalue weighted by Crippen LogP contribution is 2.31. The molecule has 0 atom stereocenters. The van der Waals surface area contributed by atoms with Crippen LogP contribution in [-0.2, 0) is 9.59 Å². The first-order valence-corrected chi connectivity index (χ1v) is 7.86. The Morgan fingerprint density at radius 3 is 2.24 bits per heavy atom. The molecule has 0 heterocycles. The zero-order chi connectivity index (χ0) is 14.8. The van der Waals surface area contributed by atoms with Gasteiger partial charge in [-0.25, -0.2) is 0 Å². The summed E-state index contributed by atoms with van der Waals surface area (Å²) in [6.45, 7) is 1.96. The molecule has 2 amide bonds. The Labute approximate surface area is 125 Å². The molecule has 0 aromatic heterocycles. The monoisotopic (exact) mass is 286 g/mol. The SMILES string of the molecule is Cc1ccc(NC(=O)C2CCCC2)cc1NC(=O)C1CC1. The highest BCUT2D eigenvalue weighted by atomic mass is 16.2. The van der Waals surface area contributed by atoms with Gasteiger partial charge < -0.3 is 10.6 Å². The number of nitrogens with one attached hydrogen (secondary N) is 2. The largest absolute Gasteiger partial charge is 0.326 e. The second kappa shape index (κ2) is 5.88. The maximum Gasteiger partial charge on any atom is 0.227 e. The molecule has 2 fully saturated rings. The number of benzene rings is 1. The summed E-state index contributed by atoms with van der Waals surface area (Å²) < 4.78 is 0. The Hall–Kier alpha value is -1.84. The molecule has 112 valence electrons. The van der Waals surface area contributed by atoms with Gasteiger partial charge in [-0.05, 0) is 50.3 Å². The van der Waals surface area contributed by atoms with Crippen LogP contribution < -0.4 is 10.6 Å². The van der Waals surface area contributed by atoms with E-state index in [4.69, 9.17) is 0 Å². The first-order chi connectivity index (χ1) is 10.1. The third kappa shape index (κ3) is 3.43. The normalized spacial score (nSPS) is 18.5. The van der Waals surface area contributed by atoms with Crippen LogP contribution in [0.4, 0.5) is 11.4 Å². The van der Waals surface area contributed by atoms with Crippen LogP contribution in [0.3, 0.4) is 0 Å². The zero-order valence-corrected chi connectivity index (χ0v) is 12.4. The third-order valence-electron chi connectivity index (χ3n) is 4.44. The lowest BCUT2D eigenvalue weighted by Crippen LogP contribution is -2.20. The summed E-state index contributed by atoms with van der Waals surface area (Å²) in [5.74, 6) is 0.533. The predicted molar refractivity (Wildman–Crippen MR) is 83.1 cm³/mol. The van der Waals surface area contributed by atoms with E-state index in [1.54, 1.807) is 0 Å². The first kappa shape index (κ1) is 14.1. The van der Waals surface area contributed by atoms with Gasteiger partial charge >= 0.3 is 0 Å². The molecule has 0 spiro atoms.